The predicted molar refractivity (Wildman–Crippen MR) is 109 cm³/mol. The molecule has 28 heavy (non-hydrogen) atoms. The molecule has 2 aliphatic rings. The number of hydrogen-bond acceptors (Lipinski definition) is 3. The van der Waals surface area contributed by atoms with Gasteiger partial charge in [-0.1, -0.05) is 42.5 Å². The van der Waals surface area contributed by atoms with Crippen molar-refractivity contribution in [1.29, 1.82) is 0 Å². The SMILES string of the molecule is O=C(Nc1c2c(nn1-c1ccccc1)CCC2)NC1CNCc2ccccc21. The number of benzene rings is 2. The lowest BCUT2D eigenvalue weighted by atomic mass is 9.97. The zero-order valence-electron chi connectivity index (χ0n) is 15.6. The number of amides is 2. The predicted octanol–water partition coefficient (Wildman–Crippen LogP) is 3.33. The van der Waals surface area contributed by atoms with Gasteiger partial charge in [0.15, 0.2) is 0 Å². The van der Waals surface area contributed by atoms with E-state index in [-0.39, 0.29) is 12.1 Å². The minimum Gasteiger partial charge on any atom is -0.330 e. The van der Waals surface area contributed by atoms with Gasteiger partial charge in [0.25, 0.3) is 0 Å². The molecule has 1 aliphatic heterocycles. The number of carbonyl (C=O) groups is 1. The Labute approximate surface area is 164 Å². The molecule has 142 valence electrons. The summed E-state index contributed by atoms with van der Waals surface area (Å²) in [6, 6.07) is 18.0. The fraction of sp³-hybridized carbons (Fsp3) is 0.273. The highest BCUT2D eigenvalue weighted by Gasteiger charge is 2.26. The lowest BCUT2D eigenvalue weighted by Crippen LogP contribution is -2.41. The van der Waals surface area contributed by atoms with E-state index >= 15 is 0 Å². The van der Waals surface area contributed by atoms with Crippen LogP contribution in [0.15, 0.2) is 54.6 Å². The van der Waals surface area contributed by atoms with Crippen LogP contribution in [0.1, 0.15) is 34.8 Å². The van der Waals surface area contributed by atoms with Gasteiger partial charge in [0.1, 0.15) is 5.82 Å². The van der Waals surface area contributed by atoms with E-state index < -0.39 is 0 Å². The minimum absolute atomic E-state index is 0.0499. The first kappa shape index (κ1) is 17.0. The molecule has 0 bridgehead atoms. The number of hydrogen-bond donors (Lipinski definition) is 3. The van der Waals surface area contributed by atoms with Crippen LogP contribution in [0.25, 0.3) is 5.69 Å². The molecule has 6 nitrogen and oxygen atoms in total. The number of anilines is 1. The second-order valence-electron chi connectivity index (χ2n) is 7.36. The van der Waals surface area contributed by atoms with Gasteiger partial charge in [-0.05, 0) is 42.5 Å². The normalized spacial score (nSPS) is 17.6. The fourth-order valence-electron chi connectivity index (χ4n) is 4.20. The molecule has 5 rings (SSSR count). The van der Waals surface area contributed by atoms with Crippen LogP contribution in [0, 0.1) is 0 Å². The smallest absolute Gasteiger partial charge is 0.320 e. The fourth-order valence-corrected chi connectivity index (χ4v) is 4.20. The molecule has 0 fully saturated rings. The summed E-state index contributed by atoms with van der Waals surface area (Å²) in [6.45, 7) is 1.56. The van der Waals surface area contributed by atoms with Crippen molar-refractivity contribution in [2.45, 2.75) is 31.8 Å². The Balaban J connectivity index is 1.40. The number of nitrogens with zero attached hydrogens (tertiary/aromatic N) is 2. The van der Waals surface area contributed by atoms with Gasteiger partial charge >= 0.3 is 6.03 Å². The van der Waals surface area contributed by atoms with Crippen LogP contribution in [0.4, 0.5) is 10.6 Å². The van der Waals surface area contributed by atoms with Crippen LogP contribution in [-0.4, -0.2) is 22.4 Å². The summed E-state index contributed by atoms with van der Waals surface area (Å²) in [5.74, 6) is 0.785. The Kier molecular flexibility index (Phi) is 4.33. The Hall–Kier alpha value is -3.12. The molecular weight excluding hydrogens is 350 g/mol. The number of fused-ring (bicyclic) bond motifs is 2. The molecule has 0 saturated carbocycles. The largest absolute Gasteiger partial charge is 0.330 e. The molecule has 6 heteroatoms. The number of aryl methyl sites for hydroxylation is 1. The first-order valence-corrected chi connectivity index (χ1v) is 9.82. The molecule has 2 heterocycles. The van der Waals surface area contributed by atoms with Crippen molar-refractivity contribution in [2.75, 3.05) is 11.9 Å². The van der Waals surface area contributed by atoms with Crippen molar-refractivity contribution in [1.82, 2.24) is 20.4 Å². The van der Waals surface area contributed by atoms with Crippen molar-refractivity contribution in [3.05, 3.63) is 77.0 Å². The summed E-state index contributed by atoms with van der Waals surface area (Å²) in [4.78, 5) is 12.9. The highest BCUT2D eigenvalue weighted by atomic mass is 16.2. The van der Waals surface area contributed by atoms with Crippen LogP contribution >= 0.6 is 0 Å². The van der Waals surface area contributed by atoms with Gasteiger partial charge in [0.2, 0.25) is 0 Å². The van der Waals surface area contributed by atoms with Gasteiger partial charge in [0.05, 0.1) is 17.4 Å². The van der Waals surface area contributed by atoms with Gasteiger partial charge in [-0.3, -0.25) is 5.32 Å². The maximum Gasteiger partial charge on any atom is 0.320 e. The summed E-state index contributed by atoms with van der Waals surface area (Å²) in [7, 11) is 0. The zero-order chi connectivity index (χ0) is 18.9. The number of urea groups is 1. The maximum absolute atomic E-state index is 12.9. The summed E-state index contributed by atoms with van der Waals surface area (Å²) in [5.41, 5.74) is 5.61. The van der Waals surface area contributed by atoms with E-state index in [1.807, 2.05) is 47.1 Å². The molecular formula is C22H23N5O. The van der Waals surface area contributed by atoms with Crippen molar-refractivity contribution in [2.24, 2.45) is 0 Å². The zero-order valence-corrected chi connectivity index (χ0v) is 15.6. The summed E-state index contributed by atoms with van der Waals surface area (Å²) < 4.78 is 1.86. The van der Waals surface area contributed by atoms with E-state index in [4.69, 9.17) is 5.10 Å². The first-order chi connectivity index (χ1) is 13.8. The second-order valence-corrected chi connectivity index (χ2v) is 7.36. The number of aromatic nitrogens is 2. The van der Waals surface area contributed by atoms with Crippen molar-refractivity contribution < 1.29 is 4.79 Å². The van der Waals surface area contributed by atoms with Crippen LogP contribution in [0.5, 0.6) is 0 Å². The van der Waals surface area contributed by atoms with Crippen LogP contribution < -0.4 is 16.0 Å². The molecule has 1 atom stereocenters. The highest BCUT2D eigenvalue weighted by molar-refractivity contribution is 5.90. The molecule has 3 N–H and O–H groups in total. The van der Waals surface area contributed by atoms with E-state index in [0.29, 0.717) is 0 Å². The maximum atomic E-state index is 12.9. The summed E-state index contributed by atoms with van der Waals surface area (Å²) in [5, 5.41) is 14.4. The van der Waals surface area contributed by atoms with Crippen LogP contribution in [-0.2, 0) is 19.4 Å². The first-order valence-electron chi connectivity index (χ1n) is 9.82. The Morgan fingerprint density at radius 3 is 2.79 bits per heavy atom. The van der Waals surface area contributed by atoms with Crippen LogP contribution in [0.3, 0.4) is 0 Å². The third-order valence-electron chi connectivity index (χ3n) is 5.54. The van der Waals surface area contributed by atoms with Crippen molar-refractivity contribution >= 4 is 11.8 Å². The van der Waals surface area contributed by atoms with E-state index in [1.165, 1.54) is 11.1 Å². The van der Waals surface area contributed by atoms with E-state index in [0.717, 1.165) is 55.1 Å². The quantitative estimate of drug-likeness (QED) is 0.659. The molecule has 1 aromatic heterocycles. The molecule has 2 aromatic carbocycles. The van der Waals surface area contributed by atoms with Gasteiger partial charge in [-0.25, -0.2) is 9.48 Å². The topological polar surface area (TPSA) is 71.0 Å². The molecule has 0 spiro atoms. The van der Waals surface area contributed by atoms with Gasteiger partial charge in [-0.2, -0.15) is 5.10 Å². The van der Waals surface area contributed by atoms with Crippen molar-refractivity contribution in [3.63, 3.8) is 0 Å². The van der Waals surface area contributed by atoms with E-state index in [2.05, 4.69) is 28.1 Å². The third-order valence-corrected chi connectivity index (χ3v) is 5.54. The monoisotopic (exact) mass is 373 g/mol. The van der Waals surface area contributed by atoms with Gasteiger partial charge in [-0.15, -0.1) is 0 Å². The van der Waals surface area contributed by atoms with Gasteiger partial charge < -0.3 is 10.6 Å². The number of carbonyl (C=O) groups excluding carboxylic acids is 1. The second kappa shape index (κ2) is 7.13. The number of para-hydroxylation sites is 1. The lowest BCUT2D eigenvalue weighted by Gasteiger charge is -2.27. The highest BCUT2D eigenvalue weighted by Crippen LogP contribution is 2.31. The Bertz CT molecular complexity index is 1010. The molecule has 1 unspecified atom stereocenters. The summed E-state index contributed by atoms with van der Waals surface area (Å²) in [6.07, 6.45) is 3.00. The molecule has 3 aromatic rings. The summed E-state index contributed by atoms with van der Waals surface area (Å²) >= 11 is 0. The third kappa shape index (κ3) is 3.05. The van der Waals surface area contributed by atoms with Gasteiger partial charge in [0, 0.05) is 18.7 Å². The standard InChI is InChI=1S/C22H23N5O/c28-22(24-20-14-23-13-15-7-4-5-10-17(15)20)25-21-18-11-6-12-19(18)26-27(21)16-8-2-1-3-9-16/h1-5,7-10,20,23H,6,11-14H2,(H2,24,25,28). The Morgan fingerprint density at radius 2 is 1.89 bits per heavy atom. The number of rotatable bonds is 3. The average molecular weight is 373 g/mol. The molecule has 1 aliphatic carbocycles. The van der Waals surface area contributed by atoms with E-state index in [9.17, 15) is 4.79 Å². The molecule has 2 amide bonds. The lowest BCUT2D eigenvalue weighted by molar-refractivity contribution is 0.247. The molecule has 0 saturated heterocycles. The van der Waals surface area contributed by atoms with E-state index in [1.54, 1.807) is 0 Å². The minimum atomic E-state index is -0.199. The molecule has 0 radical (unpaired) electrons. The number of nitrogens with one attached hydrogen (secondary N) is 3. The van der Waals surface area contributed by atoms with Crippen LogP contribution in [0.2, 0.25) is 0 Å². The Morgan fingerprint density at radius 1 is 1.07 bits per heavy atom. The average Bonchev–Trinajstić information content (AvgIpc) is 3.32. The van der Waals surface area contributed by atoms with Crippen molar-refractivity contribution in [3.8, 4) is 5.69 Å².